The molecule has 0 fully saturated rings. The molecular formula is C20H15ClN4O4S2. The van der Waals surface area contributed by atoms with E-state index in [4.69, 9.17) is 21.7 Å². The molecule has 4 rings (SSSR count). The zero-order valence-electron chi connectivity index (χ0n) is 16.1. The quantitative estimate of drug-likeness (QED) is 0.535. The summed E-state index contributed by atoms with van der Waals surface area (Å²) in [6, 6.07) is 14.6. The lowest BCUT2D eigenvalue weighted by Gasteiger charge is -2.23. The van der Waals surface area contributed by atoms with E-state index in [0.717, 1.165) is 28.7 Å². The van der Waals surface area contributed by atoms with Gasteiger partial charge in [0.15, 0.2) is 0 Å². The molecule has 8 nitrogen and oxygen atoms in total. The maximum atomic E-state index is 12.4. The van der Waals surface area contributed by atoms with Crippen LogP contribution in [0.5, 0.6) is 5.75 Å². The number of amidine groups is 3. The van der Waals surface area contributed by atoms with Gasteiger partial charge in [0, 0.05) is 6.26 Å². The van der Waals surface area contributed by atoms with E-state index < -0.39 is 15.7 Å². The Morgan fingerprint density at radius 3 is 2.65 bits per heavy atom. The monoisotopic (exact) mass is 474 g/mol. The van der Waals surface area contributed by atoms with E-state index in [1.807, 2.05) is 30.3 Å². The maximum Gasteiger partial charge on any atom is 0.283 e. The first-order valence-electron chi connectivity index (χ1n) is 8.89. The smallest absolute Gasteiger partial charge is 0.283 e. The summed E-state index contributed by atoms with van der Waals surface area (Å²) in [7, 11) is -3.70. The molecule has 0 atom stereocenters. The molecule has 0 saturated heterocycles. The van der Waals surface area contributed by atoms with Gasteiger partial charge < -0.3 is 4.74 Å². The number of carbonyl (C=O) groups excluding carboxylic acids is 1. The summed E-state index contributed by atoms with van der Waals surface area (Å²) >= 11 is 7.07. The second kappa shape index (κ2) is 8.29. The Morgan fingerprint density at radius 1 is 1.23 bits per heavy atom. The first kappa shape index (κ1) is 21.3. The molecule has 0 saturated carbocycles. The van der Waals surface area contributed by atoms with E-state index in [9.17, 15) is 13.2 Å². The third kappa shape index (κ3) is 4.41. The van der Waals surface area contributed by atoms with Crippen molar-refractivity contribution in [3.8, 4) is 5.75 Å². The van der Waals surface area contributed by atoms with Crippen molar-refractivity contribution in [3.05, 3.63) is 70.3 Å². The number of fused-ring (bicyclic) bond motifs is 1. The summed E-state index contributed by atoms with van der Waals surface area (Å²) in [6.45, 7) is 0.349. The first-order valence-corrected chi connectivity index (χ1v) is 11.9. The van der Waals surface area contributed by atoms with Crippen LogP contribution in [0, 0.1) is 5.41 Å². The zero-order valence-corrected chi connectivity index (χ0v) is 18.5. The molecule has 2 aromatic carbocycles. The van der Waals surface area contributed by atoms with E-state index in [2.05, 4.69) is 9.39 Å². The van der Waals surface area contributed by atoms with Gasteiger partial charge in [-0.1, -0.05) is 48.0 Å². The van der Waals surface area contributed by atoms with Crippen LogP contribution in [-0.4, -0.2) is 41.7 Å². The number of nitrogens with one attached hydrogen (secondary N) is 1. The Bertz CT molecular complexity index is 1290. The second-order valence-electron chi connectivity index (χ2n) is 6.64. The van der Waals surface area contributed by atoms with Crippen LogP contribution in [0.3, 0.4) is 0 Å². The molecule has 1 N–H and O–H groups in total. The molecule has 31 heavy (non-hydrogen) atoms. The fourth-order valence-corrected chi connectivity index (χ4v) is 4.95. The predicted octanol–water partition coefficient (Wildman–Crippen LogP) is 3.54. The van der Waals surface area contributed by atoms with Crippen LogP contribution in [0.4, 0.5) is 0 Å². The minimum Gasteiger partial charge on any atom is -0.487 e. The van der Waals surface area contributed by atoms with Crippen LogP contribution in [0.1, 0.15) is 11.1 Å². The molecule has 158 valence electrons. The average Bonchev–Trinajstić information content (AvgIpc) is 3.15. The van der Waals surface area contributed by atoms with Crippen LogP contribution in [0.2, 0.25) is 5.02 Å². The van der Waals surface area contributed by atoms with Crippen molar-refractivity contribution in [2.45, 2.75) is 6.61 Å². The van der Waals surface area contributed by atoms with Crippen LogP contribution < -0.4 is 4.74 Å². The topological polar surface area (TPSA) is 112 Å². The Balaban J connectivity index is 1.58. The van der Waals surface area contributed by atoms with Gasteiger partial charge in [-0.05, 0) is 29.3 Å². The fraction of sp³-hybridized carbons (Fsp3) is 0.100. The van der Waals surface area contributed by atoms with Crippen molar-refractivity contribution >= 4 is 61.5 Å². The predicted molar refractivity (Wildman–Crippen MR) is 122 cm³/mol. The molecule has 0 aliphatic carbocycles. The van der Waals surface area contributed by atoms with Crippen molar-refractivity contribution in [2.24, 2.45) is 9.39 Å². The summed E-state index contributed by atoms with van der Waals surface area (Å²) < 4.78 is 33.5. The number of carbonyl (C=O) groups is 1. The molecule has 0 unspecified atom stereocenters. The summed E-state index contributed by atoms with van der Waals surface area (Å²) in [5, 5.41) is 8.40. The minimum atomic E-state index is -3.70. The fourth-order valence-electron chi connectivity index (χ4n) is 2.86. The molecule has 11 heteroatoms. The SMILES string of the molecule is CS(=O)(=O)C1=NSC2=NC(=O)/C(=C\c3ccc(OCc4ccccc4)c(Cl)c3)C(=N)N21. The Labute approximate surface area is 187 Å². The van der Waals surface area contributed by atoms with Gasteiger partial charge in [-0.15, -0.1) is 0 Å². The van der Waals surface area contributed by atoms with Gasteiger partial charge in [-0.25, -0.2) is 13.3 Å². The summed E-state index contributed by atoms with van der Waals surface area (Å²) in [5.41, 5.74) is 1.46. The number of aliphatic imine (C=N–C) groups is 1. The van der Waals surface area contributed by atoms with E-state index in [0.29, 0.717) is 22.9 Å². The number of amides is 1. The molecule has 2 aromatic rings. The Kier molecular flexibility index (Phi) is 5.69. The van der Waals surface area contributed by atoms with Gasteiger partial charge in [0.2, 0.25) is 20.2 Å². The summed E-state index contributed by atoms with van der Waals surface area (Å²) in [4.78, 5) is 17.3. The molecular weight excluding hydrogens is 460 g/mol. The number of sulfone groups is 1. The standard InChI is InChI=1S/C20H15ClN4O4S2/c1-31(27,28)20-24-30-19-23-18(26)14(17(22)25(19)20)9-13-7-8-16(15(21)10-13)29-11-12-5-3-2-4-6-12/h2-10,22H,11H2,1H3/b14-9-,22-17?. The Morgan fingerprint density at radius 2 is 1.97 bits per heavy atom. The van der Waals surface area contributed by atoms with Gasteiger partial charge in [-0.2, -0.15) is 9.39 Å². The Hall–Kier alpha value is -2.95. The van der Waals surface area contributed by atoms with Crippen molar-refractivity contribution in [2.75, 3.05) is 6.26 Å². The highest BCUT2D eigenvalue weighted by Crippen LogP contribution is 2.31. The van der Waals surface area contributed by atoms with Gasteiger partial charge in [0.25, 0.3) is 5.91 Å². The molecule has 0 radical (unpaired) electrons. The zero-order chi connectivity index (χ0) is 22.2. The molecule has 0 aromatic heterocycles. The van der Waals surface area contributed by atoms with Crippen molar-refractivity contribution in [1.29, 1.82) is 5.41 Å². The lowest BCUT2D eigenvalue weighted by molar-refractivity contribution is -0.114. The number of rotatable bonds is 4. The summed E-state index contributed by atoms with van der Waals surface area (Å²) in [6.07, 6.45) is 2.41. The minimum absolute atomic E-state index is 0.0373. The molecule has 2 aliphatic heterocycles. The molecule has 0 bridgehead atoms. The molecule has 2 heterocycles. The normalized spacial score (nSPS) is 17.5. The highest BCUT2D eigenvalue weighted by molar-refractivity contribution is 8.16. The van der Waals surface area contributed by atoms with Crippen LogP contribution in [0.25, 0.3) is 6.08 Å². The average molecular weight is 475 g/mol. The largest absolute Gasteiger partial charge is 0.487 e. The van der Waals surface area contributed by atoms with Crippen LogP contribution in [0.15, 0.2) is 63.5 Å². The number of halogens is 1. The third-order valence-electron chi connectivity index (χ3n) is 4.33. The molecule has 0 spiro atoms. The number of hydrogen-bond acceptors (Lipinski definition) is 7. The van der Waals surface area contributed by atoms with Gasteiger partial charge in [0.1, 0.15) is 18.2 Å². The lowest BCUT2D eigenvalue weighted by atomic mass is 10.1. The number of hydrogen-bond donors (Lipinski definition) is 1. The second-order valence-corrected chi connectivity index (χ2v) is 9.69. The third-order valence-corrected chi connectivity index (χ3v) is 6.38. The van der Waals surface area contributed by atoms with Gasteiger partial charge in [0.05, 0.1) is 22.5 Å². The van der Waals surface area contributed by atoms with E-state index in [1.54, 1.807) is 18.2 Å². The number of nitrogens with zero attached hydrogens (tertiary/aromatic N) is 3. The van der Waals surface area contributed by atoms with E-state index >= 15 is 0 Å². The highest BCUT2D eigenvalue weighted by atomic mass is 35.5. The van der Waals surface area contributed by atoms with Gasteiger partial charge >= 0.3 is 0 Å². The summed E-state index contributed by atoms with van der Waals surface area (Å²) in [5.74, 6) is -0.501. The molecule has 1 amide bonds. The first-order chi connectivity index (χ1) is 14.7. The van der Waals surface area contributed by atoms with Gasteiger partial charge in [-0.3, -0.25) is 10.2 Å². The molecule has 2 aliphatic rings. The van der Waals surface area contributed by atoms with Crippen molar-refractivity contribution < 1.29 is 17.9 Å². The van der Waals surface area contributed by atoms with Crippen molar-refractivity contribution in [3.63, 3.8) is 0 Å². The number of ether oxygens (including phenoxy) is 1. The van der Waals surface area contributed by atoms with E-state index in [-0.39, 0.29) is 21.7 Å². The maximum absolute atomic E-state index is 12.4. The van der Waals surface area contributed by atoms with Crippen LogP contribution >= 0.6 is 23.5 Å². The van der Waals surface area contributed by atoms with Crippen LogP contribution in [-0.2, 0) is 21.2 Å². The van der Waals surface area contributed by atoms with E-state index in [1.165, 1.54) is 6.08 Å². The van der Waals surface area contributed by atoms with Crippen molar-refractivity contribution in [1.82, 2.24) is 4.90 Å². The number of benzene rings is 2. The lowest BCUT2D eigenvalue weighted by Crippen LogP contribution is -2.45. The highest BCUT2D eigenvalue weighted by Gasteiger charge is 2.41.